The lowest BCUT2D eigenvalue weighted by Gasteiger charge is -2.32. The zero-order valence-corrected chi connectivity index (χ0v) is 19.2. The van der Waals surface area contributed by atoms with Crippen molar-refractivity contribution < 1.29 is 23.9 Å². The number of nitrogens with one attached hydrogen (secondary N) is 1. The molecule has 10 heteroatoms. The van der Waals surface area contributed by atoms with E-state index in [2.05, 4.69) is 5.32 Å². The van der Waals surface area contributed by atoms with Gasteiger partial charge in [0, 0.05) is 20.0 Å². The first-order valence-corrected chi connectivity index (χ1v) is 11.1. The second-order valence-corrected chi connectivity index (χ2v) is 9.56. The van der Waals surface area contributed by atoms with Crippen molar-refractivity contribution in [3.8, 4) is 0 Å². The van der Waals surface area contributed by atoms with Crippen LogP contribution in [-0.2, 0) is 26.2 Å². The Morgan fingerprint density at radius 1 is 1.12 bits per heavy atom. The van der Waals surface area contributed by atoms with Crippen LogP contribution in [0.15, 0.2) is 23.0 Å². The van der Waals surface area contributed by atoms with Gasteiger partial charge in [0.25, 0.3) is 0 Å². The number of hydrogen-bond acceptors (Lipinski definition) is 6. The van der Waals surface area contributed by atoms with Crippen molar-refractivity contribution in [2.24, 2.45) is 7.05 Å². The maximum absolute atomic E-state index is 13.3. The van der Waals surface area contributed by atoms with E-state index in [0.717, 1.165) is 4.90 Å². The number of rotatable bonds is 2. The summed E-state index contributed by atoms with van der Waals surface area (Å²) in [6, 6.07) is 4.43. The Hall–Kier alpha value is -3.43. The Bertz CT molecular complexity index is 1220. The smallest absolute Gasteiger partial charge is 0.417 e. The monoisotopic (exact) mass is 456 g/mol. The predicted molar refractivity (Wildman–Crippen MR) is 119 cm³/mol. The Morgan fingerprint density at radius 2 is 1.85 bits per heavy atom. The summed E-state index contributed by atoms with van der Waals surface area (Å²) in [6.45, 7) is 5.50. The second kappa shape index (κ2) is 8.17. The summed E-state index contributed by atoms with van der Waals surface area (Å²) >= 11 is 0. The van der Waals surface area contributed by atoms with Gasteiger partial charge < -0.3 is 4.74 Å². The van der Waals surface area contributed by atoms with Crippen molar-refractivity contribution in [2.45, 2.75) is 64.0 Å². The van der Waals surface area contributed by atoms with Gasteiger partial charge in [-0.05, 0) is 51.7 Å². The lowest BCUT2D eigenvalue weighted by atomic mass is 9.89. The Kier molecular flexibility index (Phi) is 5.63. The fourth-order valence-corrected chi connectivity index (χ4v) is 4.64. The molecule has 2 saturated heterocycles. The number of aromatic nitrogens is 2. The van der Waals surface area contributed by atoms with E-state index < -0.39 is 35.3 Å². The largest absolute Gasteiger partial charge is 0.443 e. The van der Waals surface area contributed by atoms with Crippen LogP contribution >= 0.6 is 0 Å². The highest BCUT2D eigenvalue weighted by molar-refractivity contribution is 6.01. The Labute approximate surface area is 190 Å². The molecule has 0 aliphatic carbocycles. The molecule has 2 fully saturated rings. The van der Waals surface area contributed by atoms with Gasteiger partial charge in [-0.15, -0.1) is 0 Å². The number of benzene rings is 1. The SMILES string of the molecule is Cn1c(=O)n(C2CCC(=O)NC2=O)c2cccc(C3CCCN(C(=O)OC(C)(C)C)C3=O)c21. The van der Waals surface area contributed by atoms with Crippen LogP contribution in [0.5, 0.6) is 0 Å². The number of imide groups is 2. The zero-order chi connectivity index (χ0) is 24.1. The maximum Gasteiger partial charge on any atom is 0.417 e. The number of likely N-dealkylation sites (tertiary alicyclic amines) is 1. The number of carbonyl (C=O) groups is 4. The highest BCUT2D eigenvalue weighted by Gasteiger charge is 2.38. The van der Waals surface area contributed by atoms with E-state index in [0.29, 0.717) is 29.4 Å². The number of para-hydroxylation sites is 1. The van der Waals surface area contributed by atoms with E-state index in [4.69, 9.17) is 4.74 Å². The number of hydrogen-bond donors (Lipinski definition) is 1. The second-order valence-electron chi connectivity index (χ2n) is 9.56. The molecule has 10 nitrogen and oxygen atoms in total. The van der Waals surface area contributed by atoms with Gasteiger partial charge in [-0.2, -0.15) is 0 Å². The van der Waals surface area contributed by atoms with Crippen LogP contribution < -0.4 is 11.0 Å². The molecule has 176 valence electrons. The van der Waals surface area contributed by atoms with Crippen molar-refractivity contribution in [1.29, 1.82) is 0 Å². The van der Waals surface area contributed by atoms with Crippen LogP contribution in [0.3, 0.4) is 0 Å². The third kappa shape index (κ3) is 4.05. The topological polar surface area (TPSA) is 120 Å². The summed E-state index contributed by atoms with van der Waals surface area (Å²) in [4.78, 5) is 64.3. The molecule has 2 unspecified atom stereocenters. The molecule has 1 aromatic carbocycles. The van der Waals surface area contributed by atoms with Crippen LogP contribution in [-0.4, -0.2) is 50.0 Å². The third-order valence-corrected chi connectivity index (χ3v) is 6.08. The number of ether oxygens (including phenoxy) is 1. The number of fused-ring (bicyclic) bond motifs is 1. The predicted octanol–water partition coefficient (Wildman–Crippen LogP) is 1.96. The molecule has 0 radical (unpaired) electrons. The number of nitrogens with zero attached hydrogens (tertiary/aromatic N) is 3. The molecule has 0 bridgehead atoms. The minimum absolute atomic E-state index is 0.144. The molecule has 1 aromatic heterocycles. The summed E-state index contributed by atoms with van der Waals surface area (Å²) in [6.07, 6.45) is 0.815. The maximum atomic E-state index is 13.3. The summed E-state index contributed by atoms with van der Waals surface area (Å²) in [5.41, 5.74) is 0.539. The summed E-state index contributed by atoms with van der Waals surface area (Å²) in [7, 11) is 1.59. The van der Waals surface area contributed by atoms with Gasteiger partial charge in [0.1, 0.15) is 11.6 Å². The van der Waals surface area contributed by atoms with Gasteiger partial charge in [-0.25, -0.2) is 14.5 Å². The normalized spacial score (nSPS) is 21.9. The molecule has 0 saturated carbocycles. The van der Waals surface area contributed by atoms with Crippen molar-refractivity contribution in [1.82, 2.24) is 19.4 Å². The third-order valence-electron chi connectivity index (χ3n) is 6.08. The molecule has 2 aliphatic rings. The molecule has 2 aromatic rings. The van der Waals surface area contributed by atoms with E-state index in [1.807, 2.05) is 0 Å². The average Bonchev–Trinajstić information content (AvgIpc) is 2.98. The molecular formula is C23H28N4O6. The highest BCUT2D eigenvalue weighted by Crippen LogP contribution is 2.34. The average molecular weight is 456 g/mol. The Balaban J connectivity index is 1.76. The molecule has 2 aliphatic heterocycles. The van der Waals surface area contributed by atoms with Crippen molar-refractivity contribution in [3.63, 3.8) is 0 Å². The van der Waals surface area contributed by atoms with E-state index in [1.54, 1.807) is 46.0 Å². The lowest BCUT2D eigenvalue weighted by Crippen LogP contribution is -2.46. The molecule has 3 heterocycles. The minimum atomic E-state index is -0.811. The minimum Gasteiger partial charge on any atom is -0.443 e. The number of carbonyl (C=O) groups excluding carboxylic acids is 4. The molecule has 0 spiro atoms. The number of piperidine rings is 2. The fourth-order valence-electron chi connectivity index (χ4n) is 4.64. The van der Waals surface area contributed by atoms with Crippen LogP contribution in [0, 0.1) is 0 Å². The summed E-state index contributed by atoms with van der Waals surface area (Å²) in [5.74, 6) is -1.88. The zero-order valence-electron chi connectivity index (χ0n) is 19.2. The fraction of sp³-hybridized carbons (Fsp3) is 0.522. The van der Waals surface area contributed by atoms with Gasteiger partial charge >= 0.3 is 11.8 Å². The van der Waals surface area contributed by atoms with E-state index >= 15 is 0 Å². The number of imidazole rings is 1. The Morgan fingerprint density at radius 3 is 2.52 bits per heavy atom. The van der Waals surface area contributed by atoms with Crippen LogP contribution in [0.1, 0.15) is 64.0 Å². The number of aryl methyl sites for hydroxylation is 1. The molecule has 2 atom stereocenters. The van der Waals surface area contributed by atoms with Gasteiger partial charge in [0.15, 0.2) is 0 Å². The highest BCUT2D eigenvalue weighted by atomic mass is 16.6. The van der Waals surface area contributed by atoms with E-state index in [1.165, 1.54) is 9.13 Å². The molecule has 4 amide bonds. The van der Waals surface area contributed by atoms with Crippen molar-refractivity contribution >= 4 is 34.8 Å². The van der Waals surface area contributed by atoms with E-state index in [9.17, 15) is 24.0 Å². The van der Waals surface area contributed by atoms with Gasteiger partial charge in [-0.1, -0.05) is 12.1 Å². The first kappa shape index (κ1) is 22.8. The molecule has 33 heavy (non-hydrogen) atoms. The van der Waals surface area contributed by atoms with Crippen LogP contribution in [0.2, 0.25) is 0 Å². The summed E-state index contributed by atoms with van der Waals surface area (Å²) < 4.78 is 8.21. The number of amides is 4. The molecule has 4 rings (SSSR count). The summed E-state index contributed by atoms with van der Waals surface area (Å²) in [5, 5.41) is 2.29. The van der Waals surface area contributed by atoms with Gasteiger partial charge in [0.05, 0.1) is 17.0 Å². The quantitative estimate of drug-likeness (QED) is 0.690. The first-order valence-electron chi connectivity index (χ1n) is 11.1. The molecular weight excluding hydrogens is 428 g/mol. The van der Waals surface area contributed by atoms with Gasteiger partial charge in [-0.3, -0.25) is 28.8 Å². The van der Waals surface area contributed by atoms with Gasteiger partial charge in [0.2, 0.25) is 17.7 Å². The van der Waals surface area contributed by atoms with Crippen LogP contribution in [0.25, 0.3) is 11.0 Å². The van der Waals surface area contributed by atoms with Crippen LogP contribution in [0.4, 0.5) is 4.79 Å². The van der Waals surface area contributed by atoms with Crippen molar-refractivity contribution in [2.75, 3.05) is 6.54 Å². The molecule has 1 N–H and O–H groups in total. The van der Waals surface area contributed by atoms with Crippen molar-refractivity contribution in [3.05, 3.63) is 34.2 Å². The first-order chi connectivity index (χ1) is 15.5. The standard InChI is InChI=1S/C23H28N4O6/c1-23(2,3)33-22(32)26-12-6-8-14(20(26)30)13-7-5-9-15-18(13)25(4)21(31)27(15)16-10-11-17(28)24-19(16)29/h5,7,9,14,16H,6,8,10-12H2,1-4H3,(H,24,28,29). The van der Waals surface area contributed by atoms with E-state index in [-0.39, 0.29) is 31.2 Å². The lowest BCUT2D eigenvalue weighted by molar-refractivity contribution is -0.136.